The van der Waals surface area contributed by atoms with Crippen LogP contribution in [0.1, 0.15) is 211 Å². The van der Waals surface area contributed by atoms with E-state index in [1.165, 1.54) is 82.3 Å². The summed E-state index contributed by atoms with van der Waals surface area (Å²) >= 11 is 3.60. The number of nitrogens with zero attached hydrogens (tertiary/aromatic N) is 10. The summed E-state index contributed by atoms with van der Waals surface area (Å²) in [5, 5.41) is 26.7. The number of benzene rings is 8. The smallest absolute Gasteiger partial charge is 0.347 e. The first-order valence-electron chi connectivity index (χ1n) is 41.5. The van der Waals surface area contributed by atoms with Crippen molar-refractivity contribution < 1.29 is 4.52 Å². The Hall–Kier alpha value is -10.5. The molecule has 0 amide bonds. The largest absolute Gasteiger partial charge is 0.364 e. The number of fused-ring (bicyclic) bond motifs is 4. The summed E-state index contributed by atoms with van der Waals surface area (Å²) < 4.78 is 8.03. The summed E-state index contributed by atoms with van der Waals surface area (Å²) in [7, 11) is 0. The van der Waals surface area contributed by atoms with E-state index in [1.807, 2.05) is 235 Å². The van der Waals surface area contributed by atoms with Crippen LogP contribution < -0.4 is 11.0 Å². The summed E-state index contributed by atoms with van der Waals surface area (Å²) in [4.78, 5) is 34.1. The number of nitrogens with one attached hydrogen (secondary N) is 3. The van der Waals surface area contributed by atoms with Crippen LogP contribution in [0.15, 0.2) is 271 Å². The molecule has 1 aliphatic rings. The van der Waals surface area contributed by atoms with Crippen LogP contribution in [0.2, 0.25) is 0 Å². The number of aromatic amines is 2. The van der Waals surface area contributed by atoms with Crippen molar-refractivity contribution in [3.8, 4) is 16.8 Å². The number of thioether (sulfide) groups is 1. The molecule has 632 valence electrons. The Bertz CT molecular complexity index is 4450. The second-order valence-electron chi connectivity index (χ2n) is 23.6. The van der Waals surface area contributed by atoms with Crippen molar-refractivity contribution in [2.45, 2.75) is 233 Å². The van der Waals surface area contributed by atoms with Crippen molar-refractivity contribution in [1.82, 2.24) is 64.9 Å². The Morgan fingerprint density at radius 1 is 0.483 bits per heavy atom. The van der Waals surface area contributed by atoms with Gasteiger partial charge in [0, 0.05) is 69.4 Å². The summed E-state index contributed by atoms with van der Waals surface area (Å²) in [6.45, 7) is 64.9. The first-order valence-corrected chi connectivity index (χ1v) is 43.6. The lowest BCUT2D eigenvalue weighted by Gasteiger charge is -2.17. The molecule has 1 unspecified atom stereocenters. The first kappa shape index (κ1) is 112. The van der Waals surface area contributed by atoms with Gasteiger partial charge < -0.3 is 14.8 Å². The fourth-order valence-electron chi connectivity index (χ4n) is 9.01. The van der Waals surface area contributed by atoms with Crippen molar-refractivity contribution >= 4 is 66.4 Å². The predicted molar refractivity (Wildman–Crippen MR) is 515 cm³/mol. The Labute approximate surface area is 709 Å². The highest BCUT2D eigenvalue weighted by Gasteiger charge is 2.12. The summed E-state index contributed by atoms with van der Waals surface area (Å²) in [6.07, 6.45) is 15.2. The van der Waals surface area contributed by atoms with Crippen LogP contribution in [-0.2, 0) is 5.54 Å². The number of hydrogen-bond acceptors (Lipinski definition) is 13. The zero-order valence-electron chi connectivity index (χ0n) is 76.9. The van der Waals surface area contributed by atoms with Gasteiger partial charge in [-0.3, -0.25) is 15.0 Å². The van der Waals surface area contributed by atoms with E-state index in [9.17, 15) is 4.79 Å². The van der Waals surface area contributed by atoms with Gasteiger partial charge in [0.05, 0.1) is 40.3 Å². The van der Waals surface area contributed by atoms with Gasteiger partial charge in [-0.25, -0.2) is 29.1 Å². The fourth-order valence-corrected chi connectivity index (χ4v) is 10.5. The van der Waals surface area contributed by atoms with E-state index in [2.05, 4.69) is 276 Å². The summed E-state index contributed by atoms with van der Waals surface area (Å²) in [5.41, 5.74) is 16.7. The molecule has 8 aromatic carbocycles. The standard InChI is InChI=1S/2C11H10.C10H9NO.2C10H9N.C9H9N3O.C6H11N3.C4H6N2.C4H9NS.C4H5NS.10C2H6/c1-9-5-4-7-10-6-2-3-8-11(9)10;1-9-6-7-10-4-2-3-5-11(10)8-9;1-8-2-4-9(5-3-8)10-6-11-12-7-10;1-8-4-2-5-9-6-3-7-11-10(8)9;1-8-4-5-9-3-2-6-11-10(9)7-8;1-7-2-4-8(5-3-7)12-6-10-11-9(12)13;1-6(2,3)9-5-7-4-8-9;1-4-2-5-3-6-4;2*1-4-2-6-3-5-4;10*1-2/h2*2-8H,1H3;2-7H,1H3;2*2-7H,1H3;2-6H,1H3,(H,11,13);4-5H,1-3H3;2-3H,1H3,(H,5,6);4-5H,2-3H2,1H3;2-3H,1H3;10*1-2H3. The van der Waals surface area contributed by atoms with Gasteiger partial charge in [-0.05, 0) is 157 Å². The topological polar surface area (TPSA) is 187 Å². The van der Waals surface area contributed by atoms with Crippen LogP contribution in [-0.4, -0.2) is 77.3 Å². The van der Waals surface area contributed by atoms with E-state index in [0.29, 0.717) is 0 Å². The summed E-state index contributed by atoms with van der Waals surface area (Å²) in [6, 6.07) is 67.0. The van der Waals surface area contributed by atoms with Crippen LogP contribution in [0.3, 0.4) is 0 Å². The Morgan fingerprint density at radius 2 is 1.00 bits per heavy atom. The fraction of sp³-hybridized carbons (Fsp3) is 0.364. The van der Waals surface area contributed by atoms with Crippen LogP contribution in [0, 0.1) is 55.4 Å². The molecule has 0 spiro atoms. The molecule has 1 saturated heterocycles. The molecule has 0 saturated carbocycles. The second kappa shape index (κ2) is 73.4. The third kappa shape index (κ3) is 48.0. The molecule has 8 heterocycles. The van der Waals surface area contributed by atoms with Crippen LogP contribution in [0.4, 0.5) is 0 Å². The normalized spacial score (nSPS) is 10.2. The van der Waals surface area contributed by atoms with Gasteiger partial charge in [0.1, 0.15) is 25.2 Å². The molecule has 116 heavy (non-hydrogen) atoms. The van der Waals surface area contributed by atoms with Gasteiger partial charge >= 0.3 is 5.69 Å². The molecule has 16 rings (SSSR count). The van der Waals surface area contributed by atoms with Crippen molar-refractivity contribution in [2.24, 2.45) is 0 Å². The summed E-state index contributed by atoms with van der Waals surface area (Å²) in [5.74, 6) is 2.45. The third-order valence-electron chi connectivity index (χ3n) is 14.4. The zero-order chi connectivity index (χ0) is 88.5. The molecule has 1 fully saturated rings. The third-order valence-corrected chi connectivity index (χ3v) is 16.2. The highest BCUT2D eigenvalue weighted by Crippen LogP contribution is 2.20. The van der Waals surface area contributed by atoms with Gasteiger partial charge in [0.2, 0.25) is 0 Å². The maximum Gasteiger partial charge on any atom is 0.347 e. The van der Waals surface area contributed by atoms with Crippen molar-refractivity contribution in [3.05, 3.63) is 317 Å². The minimum absolute atomic E-state index is 0.0660. The first-order chi connectivity index (χ1) is 56.4. The number of H-pyrrole nitrogens is 2. The molecule has 0 bridgehead atoms. The maximum absolute atomic E-state index is 11.1. The number of rotatable bonds is 2. The highest BCUT2D eigenvalue weighted by molar-refractivity contribution is 7.99. The van der Waals surface area contributed by atoms with Crippen molar-refractivity contribution in [1.29, 1.82) is 0 Å². The van der Waals surface area contributed by atoms with Crippen LogP contribution >= 0.6 is 23.1 Å². The van der Waals surface area contributed by atoms with Gasteiger partial charge in [-0.2, -0.15) is 10.2 Å². The van der Waals surface area contributed by atoms with Gasteiger partial charge in [-0.15, -0.1) is 23.1 Å². The van der Waals surface area contributed by atoms with Gasteiger partial charge in [0.25, 0.3) is 0 Å². The predicted octanol–water partition coefficient (Wildman–Crippen LogP) is 29.0. The zero-order valence-corrected chi connectivity index (χ0v) is 78.6. The lowest BCUT2D eigenvalue weighted by atomic mass is 10.1. The number of hydrogen-bond donors (Lipinski definition) is 3. The van der Waals surface area contributed by atoms with E-state index in [4.69, 9.17) is 4.52 Å². The molecule has 7 aromatic heterocycles. The minimum atomic E-state index is -0.219. The SMILES string of the molecule is CC.CC.CC.CC.CC.CC.CC.CC.CC.CC.CC(C)(C)n1cncn1.CC1CSCN1.Cc1ccc(-c2cnoc2)cc1.Cc1ccc(-n2cn[nH]c2=O)cc1.Cc1ccc2ccccc2c1.Cc1ccc2cccnc2c1.Cc1cccc2ccccc12.Cc1cccc2cccnc12.Cc1cnc[nH]1.Cc1cscn1. The average molecular weight is 1620 g/mol. The van der Waals surface area contributed by atoms with E-state index >= 15 is 0 Å². The van der Waals surface area contributed by atoms with Crippen molar-refractivity contribution in [2.75, 3.05) is 11.6 Å². The molecule has 15 nitrogen and oxygen atoms in total. The van der Waals surface area contributed by atoms with E-state index in [0.717, 1.165) is 51.2 Å². The number of thiazole rings is 1. The molecule has 17 heteroatoms. The maximum atomic E-state index is 11.1. The van der Waals surface area contributed by atoms with Crippen LogP contribution in [0.25, 0.3) is 60.2 Å². The number of imidazole rings is 1. The minimum Gasteiger partial charge on any atom is -0.364 e. The number of aromatic nitrogens is 12. The van der Waals surface area contributed by atoms with Gasteiger partial charge in [0.15, 0.2) is 0 Å². The number of para-hydroxylation sites is 1. The van der Waals surface area contributed by atoms with Crippen molar-refractivity contribution in [3.63, 3.8) is 0 Å². The molecular formula is C99H147N13O2S2. The lowest BCUT2D eigenvalue weighted by Crippen LogP contribution is -2.21. The van der Waals surface area contributed by atoms with Crippen LogP contribution in [0.5, 0.6) is 0 Å². The molecular weight excluding hydrogens is 1470 g/mol. The number of pyridine rings is 2. The number of aryl methyl sites for hydroxylation is 8. The molecule has 1 aliphatic heterocycles. The molecule has 0 aliphatic carbocycles. The Balaban J connectivity index is -0.000000590. The Morgan fingerprint density at radius 3 is 1.44 bits per heavy atom. The lowest BCUT2D eigenvalue weighted by molar-refractivity contribution is 0.354. The average Bonchev–Trinajstić information content (AvgIpc) is 1.06. The van der Waals surface area contributed by atoms with E-state index in [1.54, 1.807) is 49.0 Å². The van der Waals surface area contributed by atoms with E-state index < -0.39 is 0 Å². The highest BCUT2D eigenvalue weighted by atomic mass is 32.2. The molecule has 1 atom stereocenters. The molecule has 3 N–H and O–H groups in total. The molecule has 0 radical (unpaired) electrons. The quantitative estimate of drug-likeness (QED) is 0.149. The van der Waals surface area contributed by atoms with E-state index in [-0.39, 0.29) is 11.2 Å². The Kier molecular flexibility index (Phi) is 70.8. The second-order valence-corrected chi connectivity index (χ2v) is 25.4. The molecule has 15 aromatic rings. The monoisotopic (exact) mass is 1610 g/mol. The van der Waals surface area contributed by atoms with Gasteiger partial charge in [-0.1, -0.05) is 324 Å².